The Labute approximate surface area is 218 Å². The SMILES string of the molecule is COc1cc(-c2ccc3ncc(C(=O)C(C)C)c(N[C@H]4CC[C@H](CN(C)C)CC4)c3c2)cc(Cl)c1O. The predicted octanol–water partition coefficient (Wildman–Crippen LogP) is 6.64. The maximum atomic E-state index is 13.2. The van der Waals surface area contributed by atoms with Gasteiger partial charge in [-0.2, -0.15) is 0 Å². The van der Waals surface area contributed by atoms with Crippen LogP contribution < -0.4 is 10.1 Å². The van der Waals surface area contributed by atoms with Gasteiger partial charge < -0.3 is 20.1 Å². The van der Waals surface area contributed by atoms with Gasteiger partial charge in [0.25, 0.3) is 0 Å². The highest BCUT2D eigenvalue weighted by Gasteiger charge is 2.25. The van der Waals surface area contributed by atoms with Crippen LogP contribution >= 0.6 is 11.6 Å². The van der Waals surface area contributed by atoms with E-state index in [1.807, 2.05) is 32.0 Å². The van der Waals surface area contributed by atoms with Crippen LogP contribution in [-0.2, 0) is 0 Å². The number of ether oxygens (including phenoxy) is 1. The summed E-state index contributed by atoms with van der Waals surface area (Å²) >= 11 is 6.27. The minimum absolute atomic E-state index is 0.0768. The Balaban J connectivity index is 1.75. The van der Waals surface area contributed by atoms with Crippen molar-refractivity contribution in [1.29, 1.82) is 0 Å². The van der Waals surface area contributed by atoms with Crippen LogP contribution in [0.25, 0.3) is 22.0 Å². The largest absolute Gasteiger partial charge is 0.503 e. The van der Waals surface area contributed by atoms with Gasteiger partial charge in [0, 0.05) is 30.1 Å². The van der Waals surface area contributed by atoms with E-state index in [0.717, 1.165) is 47.1 Å². The number of aromatic nitrogens is 1. The number of hydrogen-bond donors (Lipinski definition) is 2. The molecule has 0 bridgehead atoms. The van der Waals surface area contributed by atoms with Gasteiger partial charge in [-0.3, -0.25) is 9.78 Å². The van der Waals surface area contributed by atoms with E-state index in [2.05, 4.69) is 29.3 Å². The third-order valence-corrected chi connectivity index (χ3v) is 7.35. The summed E-state index contributed by atoms with van der Waals surface area (Å²) in [5.74, 6) is 0.886. The highest BCUT2D eigenvalue weighted by molar-refractivity contribution is 6.32. The van der Waals surface area contributed by atoms with Crippen molar-refractivity contribution in [3.8, 4) is 22.6 Å². The average Bonchev–Trinajstić information content (AvgIpc) is 2.85. The molecule has 1 aliphatic rings. The first-order valence-electron chi connectivity index (χ1n) is 12.6. The molecule has 1 heterocycles. The minimum Gasteiger partial charge on any atom is -0.503 e. The van der Waals surface area contributed by atoms with Crippen molar-refractivity contribution in [2.75, 3.05) is 33.1 Å². The number of ketones is 1. The molecule has 7 heteroatoms. The zero-order chi connectivity index (χ0) is 26.0. The molecule has 0 aliphatic heterocycles. The van der Waals surface area contributed by atoms with Gasteiger partial charge in [-0.05, 0) is 81.1 Å². The van der Waals surface area contributed by atoms with Crippen LogP contribution in [0.2, 0.25) is 5.02 Å². The first-order valence-corrected chi connectivity index (χ1v) is 13.0. The Morgan fingerprint density at radius 2 is 1.89 bits per heavy atom. The van der Waals surface area contributed by atoms with Gasteiger partial charge in [0.05, 0.1) is 28.9 Å². The van der Waals surface area contributed by atoms with E-state index >= 15 is 0 Å². The number of hydrogen-bond acceptors (Lipinski definition) is 6. The van der Waals surface area contributed by atoms with Gasteiger partial charge in [-0.1, -0.05) is 31.5 Å². The van der Waals surface area contributed by atoms with Crippen molar-refractivity contribution in [3.63, 3.8) is 0 Å². The van der Waals surface area contributed by atoms with E-state index in [1.165, 1.54) is 20.0 Å². The van der Waals surface area contributed by atoms with E-state index in [-0.39, 0.29) is 22.5 Å². The lowest BCUT2D eigenvalue weighted by atomic mass is 9.85. The van der Waals surface area contributed by atoms with Gasteiger partial charge in [0.1, 0.15) is 0 Å². The topological polar surface area (TPSA) is 74.7 Å². The summed E-state index contributed by atoms with van der Waals surface area (Å²) in [5, 5.41) is 15.0. The molecule has 1 saturated carbocycles. The van der Waals surface area contributed by atoms with Crippen LogP contribution in [0.4, 0.5) is 5.69 Å². The van der Waals surface area contributed by atoms with Crippen molar-refractivity contribution in [2.24, 2.45) is 11.8 Å². The van der Waals surface area contributed by atoms with Crippen LogP contribution in [0.3, 0.4) is 0 Å². The molecule has 1 aromatic heterocycles. The summed E-state index contributed by atoms with van der Waals surface area (Å²) in [5.41, 5.74) is 4.02. The van der Waals surface area contributed by atoms with Gasteiger partial charge >= 0.3 is 0 Å². The number of nitrogens with one attached hydrogen (secondary N) is 1. The van der Waals surface area contributed by atoms with Crippen molar-refractivity contribution in [3.05, 3.63) is 47.1 Å². The van der Waals surface area contributed by atoms with E-state index < -0.39 is 0 Å². The smallest absolute Gasteiger partial charge is 0.176 e. The molecule has 1 fully saturated rings. The number of nitrogens with zero attached hydrogens (tertiary/aromatic N) is 2. The molecular weight excluding hydrogens is 474 g/mol. The number of aromatic hydroxyl groups is 1. The summed E-state index contributed by atoms with van der Waals surface area (Å²) in [6.45, 7) is 4.96. The molecule has 0 amide bonds. The predicted molar refractivity (Wildman–Crippen MR) is 147 cm³/mol. The lowest BCUT2D eigenvalue weighted by Gasteiger charge is -2.32. The highest BCUT2D eigenvalue weighted by atomic mass is 35.5. The number of anilines is 1. The lowest BCUT2D eigenvalue weighted by Crippen LogP contribution is -2.31. The third kappa shape index (κ3) is 5.60. The molecule has 36 heavy (non-hydrogen) atoms. The molecular formula is C29H36ClN3O3. The van der Waals surface area contributed by atoms with Crippen LogP contribution in [-0.4, -0.2) is 54.6 Å². The molecule has 0 saturated heterocycles. The molecule has 4 rings (SSSR count). The van der Waals surface area contributed by atoms with Gasteiger partial charge in [-0.25, -0.2) is 0 Å². The van der Waals surface area contributed by atoms with E-state index in [9.17, 15) is 9.90 Å². The molecule has 0 spiro atoms. The summed E-state index contributed by atoms with van der Waals surface area (Å²) in [7, 11) is 5.76. The fourth-order valence-corrected chi connectivity index (χ4v) is 5.34. The number of phenolic OH excluding ortho intramolecular Hbond substituents is 1. The normalized spacial score (nSPS) is 18.1. The number of pyridine rings is 1. The van der Waals surface area contributed by atoms with Crippen molar-refractivity contribution in [1.82, 2.24) is 9.88 Å². The van der Waals surface area contributed by atoms with Gasteiger partial charge in [0.15, 0.2) is 17.3 Å². The quantitative estimate of drug-likeness (QED) is 0.331. The zero-order valence-electron chi connectivity index (χ0n) is 21.8. The van der Waals surface area contributed by atoms with Crippen molar-refractivity contribution in [2.45, 2.75) is 45.6 Å². The standard InChI is InChI=1S/C29H36ClN3O3/c1-17(2)28(34)23-15-31-25-11-8-19(20-13-24(30)29(35)26(14-20)36-5)12-22(25)27(23)32-21-9-6-18(7-10-21)16-33(3)4/h8,11-15,17-18,21,35H,6-7,9-10,16H2,1-5H3,(H,31,32)/t18-,21-. The number of fused-ring (bicyclic) bond motifs is 1. The summed E-state index contributed by atoms with van der Waals surface area (Å²) < 4.78 is 5.30. The molecule has 3 aromatic rings. The maximum absolute atomic E-state index is 13.2. The molecule has 192 valence electrons. The molecule has 6 nitrogen and oxygen atoms in total. The van der Waals surface area contributed by atoms with Crippen molar-refractivity contribution < 1.29 is 14.6 Å². The molecule has 0 atom stereocenters. The monoisotopic (exact) mass is 509 g/mol. The fourth-order valence-electron chi connectivity index (χ4n) is 5.13. The lowest BCUT2D eigenvalue weighted by molar-refractivity contribution is 0.0940. The second-order valence-electron chi connectivity index (χ2n) is 10.4. The molecule has 1 aliphatic carbocycles. The number of Topliss-reactive ketones (excluding diaryl/α,β-unsaturated/α-hetero) is 1. The van der Waals surface area contributed by atoms with Crippen LogP contribution in [0.5, 0.6) is 11.5 Å². The van der Waals surface area contributed by atoms with Crippen molar-refractivity contribution >= 4 is 34.0 Å². The number of carbonyl (C=O) groups is 1. The van der Waals surface area contributed by atoms with E-state index in [1.54, 1.807) is 18.3 Å². The van der Waals surface area contributed by atoms with E-state index in [4.69, 9.17) is 16.3 Å². The van der Waals surface area contributed by atoms with E-state index in [0.29, 0.717) is 23.3 Å². The molecule has 2 N–H and O–H groups in total. The second kappa shape index (κ2) is 11.1. The first kappa shape index (κ1) is 26.2. The number of phenols is 1. The van der Waals surface area contributed by atoms with Crippen LogP contribution in [0.1, 0.15) is 49.9 Å². The second-order valence-corrected chi connectivity index (χ2v) is 10.8. The number of benzene rings is 2. The first-order chi connectivity index (χ1) is 17.2. The Hall–Kier alpha value is -2.83. The maximum Gasteiger partial charge on any atom is 0.176 e. The fraction of sp³-hybridized carbons (Fsp3) is 0.448. The summed E-state index contributed by atoms with van der Waals surface area (Å²) in [6.07, 6.45) is 6.20. The number of carbonyl (C=O) groups excluding carboxylic acids is 1. The number of halogens is 1. The van der Waals surface area contributed by atoms with Crippen LogP contribution in [0, 0.1) is 11.8 Å². The Morgan fingerprint density at radius 1 is 1.17 bits per heavy atom. The Kier molecular flexibility index (Phi) is 8.06. The zero-order valence-corrected chi connectivity index (χ0v) is 22.5. The summed E-state index contributed by atoms with van der Waals surface area (Å²) in [6, 6.07) is 9.76. The summed E-state index contributed by atoms with van der Waals surface area (Å²) in [4.78, 5) is 20.1. The average molecular weight is 510 g/mol. The van der Waals surface area contributed by atoms with Gasteiger partial charge in [-0.15, -0.1) is 0 Å². The third-order valence-electron chi connectivity index (χ3n) is 7.06. The number of methoxy groups -OCH3 is 1. The Bertz CT molecular complexity index is 1250. The van der Waals surface area contributed by atoms with Gasteiger partial charge in [0.2, 0.25) is 0 Å². The highest BCUT2D eigenvalue weighted by Crippen LogP contribution is 2.40. The van der Waals surface area contributed by atoms with Crippen LogP contribution in [0.15, 0.2) is 36.5 Å². The minimum atomic E-state index is -0.135. The molecule has 0 radical (unpaired) electrons. The molecule has 2 aromatic carbocycles. The Morgan fingerprint density at radius 3 is 2.53 bits per heavy atom. The molecule has 0 unspecified atom stereocenters. The number of rotatable bonds is 8.